The number of nitrogens with one attached hydrogen (secondary N) is 1. The summed E-state index contributed by atoms with van der Waals surface area (Å²) < 4.78 is 10.5. The van der Waals surface area contributed by atoms with Gasteiger partial charge in [0.1, 0.15) is 0 Å². The van der Waals surface area contributed by atoms with Crippen LogP contribution in [-0.4, -0.2) is 22.9 Å². The molecule has 0 unspecified atom stereocenters. The molecule has 122 valence electrons. The third kappa shape index (κ3) is 3.29. The molecule has 1 aliphatic heterocycles. The summed E-state index contributed by atoms with van der Waals surface area (Å²) in [6.07, 6.45) is 0.618. The molecule has 0 saturated heterocycles. The van der Waals surface area contributed by atoms with E-state index >= 15 is 0 Å². The van der Waals surface area contributed by atoms with Gasteiger partial charge in [-0.2, -0.15) is 10.2 Å². The number of nitrogens with zero attached hydrogens (tertiary/aromatic N) is 2. The van der Waals surface area contributed by atoms with Gasteiger partial charge in [-0.05, 0) is 19.4 Å². The van der Waals surface area contributed by atoms with E-state index in [4.69, 9.17) is 15.2 Å². The molecular weight excluding hydrogens is 320 g/mol. The number of nitrogen functional groups attached to an aromatic ring is 1. The fraction of sp³-hybridized carbons (Fsp3) is 0.267. The maximum absolute atomic E-state index is 12.5. The number of ether oxygens (including phenoxy) is 2. The van der Waals surface area contributed by atoms with Crippen molar-refractivity contribution in [3.63, 3.8) is 0 Å². The zero-order chi connectivity index (χ0) is 15.7. The van der Waals surface area contributed by atoms with Gasteiger partial charge in [-0.1, -0.05) is 6.92 Å². The Morgan fingerprint density at radius 1 is 1.26 bits per heavy atom. The van der Waals surface area contributed by atoms with E-state index in [2.05, 4.69) is 15.5 Å². The van der Waals surface area contributed by atoms with Crippen LogP contribution in [0.3, 0.4) is 0 Å². The van der Waals surface area contributed by atoms with E-state index in [0.29, 0.717) is 46.2 Å². The van der Waals surface area contributed by atoms with Gasteiger partial charge in [0, 0.05) is 12.1 Å². The predicted molar refractivity (Wildman–Crippen MR) is 88.3 cm³/mol. The summed E-state index contributed by atoms with van der Waals surface area (Å²) >= 11 is 0. The van der Waals surface area contributed by atoms with Crippen LogP contribution in [0.1, 0.15) is 28.7 Å². The number of benzene rings is 1. The van der Waals surface area contributed by atoms with Crippen LogP contribution in [0.25, 0.3) is 0 Å². The van der Waals surface area contributed by atoms with E-state index < -0.39 is 0 Å². The molecule has 2 heterocycles. The molecule has 0 bridgehead atoms. The molecule has 7 nitrogen and oxygen atoms in total. The van der Waals surface area contributed by atoms with Crippen LogP contribution >= 0.6 is 12.4 Å². The maximum Gasteiger partial charge on any atom is 0.257 e. The van der Waals surface area contributed by atoms with Crippen molar-refractivity contribution < 1.29 is 14.3 Å². The molecule has 23 heavy (non-hydrogen) atoms. The van der Waals surface area contributed by atoms with Gasteiger partial charge in [0.15, 0.2) is 11.5 Å². The molecule has 0 atom stereocenters. The number of nitrogens with two attached hydrogens (primary N) is 1. The van der Waals surface area contributed by atoms with Gasteiger partial charge in [-0.25, -0.2) is 0 Å². The number of halogens is 1. The minimum atomic E-state index is -0.277. The van der Waals surface area contributed by atoms with Crippen molar-refractivity contribution in [2.45, 2.75) is 20.3 Å². The standard InChI is InChI=1S/C15H16N4O3.ClH/c1-3-11-9(4-8(2)18-19-11)15(20)17-12-6-14-13(5-10(12)16)21-7-22-14;/h4-6H,3,7,16H2,1-2H3,(H,17,20);1H. The summed E-state index contributed by atoms with van der Waals surface area (Å²) in [7, 11) is 0. The summed E-state index contributed by atoms with van der Waals surface area (Å²) in [4.78, 5) is 12.5. The van der Waals surface area contributed by atoms with Crippen LogP contribution in [0.2, 0.25) is 0 Å². The van der Waals surface area contributed by atoms with Crippen molar-refractivity contribution >= 4 is 29.7 Å². The Morgan fingerprint density at radius 2 is 1.96 bits per heavy atom. The fourth-order valence-corrected chi connectivity index (χ4v) is 2.23. The largest absolute Gasteiger partial charge is 0.454 e. The summed E-state index contributed by atoms with van der Waals surface area (Å²) in [6.45, 7) is 3.86. The second kappa shape index (κ2) is 6.70. The first-order chi connectivity index (χ1) is 10.6. The van der Waals surface area contributed by atoms with Gasteiger partial charge < -0.3 is 20.5 Å². The summed E-state index contributed by atoms with van der Waals surface area (Å²) in [5, 5.41) is 10.8. The average molecular weight is 337 g/mol. The van der Waals surface area contributed by atoms with Gasteiger partial charge in [-0.15, -0.1) is 12.4 Å². The van der Waals surface area contributed by atoms with Gasteiger partial charge >= 0.3 is 0 Å². The first-order valence-corrected chi connectivity index (χ1v) is 6.92. The number of carbonyl (C=O) groups is 1. The van der Waals surface area contributed by atoms with Crippen LogP contribution in [0.15, 0.2) is 18.2 Å². The van der Waals surface area contributed by atoms with E-state index in [1.165, 1.54) is 0 Å². The highest BCUT2D eigenvalue weighted by molar-refractivity contribution is 6.06. The number of hydrogen-bond donors (Lipinski definition) is 2. The molecule has 2 aromatic rings. The molecule has 0 saturated carbocycles. The van der Waals surface area contributed by atoms with Gasteiger partial charge in [0.05, 0.1) is 28.3 Å². The lowest BCUT2D eigenvalue weighted by Crippen LogP contribution is -2.17. The molecule has 0 aliphatic carbocycles. The molecule has 1 aromatic heterocycles. The summed E-state index contributed by atoms with van der Waals surface area (Å²) in [6, 6.07) is 5.00. The number of anilines is 2. The number of carbonyl (C=O) groups excluding carboxylic acids is 1. The van der Waals surface area contributed by atoms with Gasteiger partial charge in [0.25, 0.3) is 5.91 Å². The Labute approximate surface area is 139 Å². The van der Waals surface area contributed by atoms with E-state index in [1.54, 1.807) is 25.1 Å². The average Bonchev–Trinajstić information content (AvgIpc) is 2.94. The SMILES string of the molecule is CCc1nnc(C)cc1C(=O)Nc1cc2c(cc1N)OCO2.Cl. The number of aromatic nitrogens is 2. The molecule has 0 spiro atoms. The molecule has 1 amide bonds. The van der Waals surface area contributed by atoms with E-state index in [1.807, 2.05) is 6.92 Å². The molecule has 1 aliphatic rings. The Bertz CT molecular complexity index is 752. The zero-order valence-electron chi connectivity index (χ0n) is 12.8. The van der Waals surface area contributed by atoms with E-state index in [-0.39, 0.29) is 25.1 Å². The first-order valence-electron chi connectivity index (χ1n) is 6.92. The second-order valence-corrected chi connectivity index (χ2v) is 4.95. The molecule has 0 fully saturated rings. The summed E-state index contributed by atoms with van der Waals surface area (Å²) in [5.41, 5.74) is 8.65. The molecular formula is C15H17ClN4O3. The highest BCUT2D eigenvalue weighted by atomic mass is 35.5. The lowest BCUT2D eigenvalue weighted by Gasteiger charge is -2.11. The summed E-state index contributed by atoms with van der Waals surface area (Å²) in [5.74, 6) is 0.857. The van der Waals surface area contributed by atoms with Crippen molar-refractivity contribution in [2.24, 2.45) is 0 Å². The van der Waals surface area contributed by atoms with Crippen LogP contribution in [0.5, 0.6) is 11.5 Å². The van der Waals surface area contributed by atoms with Crippen LogP contribution in [0.4, 0.5) is 11.4 Å². The van der Waals surface area contributed by atoms with Crippen molar-refractivity contribution in [1.82, 2.24) is 10.2 Å². The van der Waals surface area contributed by atoms with E-state index in [9.17, 15) is 4.79 Å². The maximum atomic E-state index is 12.5. The highest BCUT2D eigenvalue weighted by Crippen LogP contribution is 2.38. The Hall–Kier alpha value is -2.54. The third-order valence-electron chi connectivity index (χ3n) is 3.37. The topological polar surface area (TPSA) is 99.4 Å². The van der Waals surface area contributed by atoms with Crippen LogP contribution in [0, 0.1) is 6.92 Å². The van der Waals surface area contributed by atoms with Crippen molar-refractivity contribution in [3.05, 3.63) is 35.2 Å². The lowest BCUT2D eigenvalue weighted by atomic mass is 10.1. The molecule has 0 radical (unpaired) electrons. The van der Waals surface area contributed by atoms with Crippen LogP contribution < -0.4 is 20.5 Å². The smallest absolute Gasteiger partial charge is 0.257 e. The van der Waals surface area contributed by atoms with Gasteiger partial charge in [-0.3, -0.25) is 4.79 Å². The number of hydrogen-bond acceptors (Lipinski definition) is 6. The van der Waals surface area contributed by atoms with Crippen molar-refractivity contribution in [1.29, 1.82) is 0 Å². The Kier molecular flexibility index (Phi) is 4.90. The molecule has 1 aromatic carbocycles. The van der Waals surface area contributed by atoms with Crippen molar-refractivity contribution in [2.75, 3.05) is 17.8 Å². The van der Waals surface area contributed by atoms with Crippen molar-refractivity contribution in [3.8, 4) is 11.5 Å². The fourth-order valence-electron chi connectivity index (χ4n) is 2.23. The Balaban J connectivity index is 0.00000192. The molecule has 3 rings (SSSR count). The first kappa shape index (κ1) is 16.8. The number of aryl methyl sites for hydroxylation is 2. The Morgan fingerprint density at radius 3 is 2.65 bits per heavy atom. The predicted octanol–water partition coefficient (Wildman–Crippen LogP) is 2.33. The monoisotopic (exact) mass is 336 g/mol. The normalized spacial score (nSPS) is 11.7. The van der Waals surface area contributed by atoms with E-state index in [0.717, 1.165) is 0 Å². The molecule has 8 heteroatoms. The number of fused-ring (bicyclic) bond motifs is 1. The zero-order valence-corrected chi connectivity index (χ0v) is 13.6. The van der Waals surface area contributed by atoms with Gasteiger partial charge in [0.2, 0.25) is 6.79 Å². The minimum absolute atomic E-state index is 0. The lowest BCUT2D eigenvalue weighted by molar-refractivity contribution is 0.102. The minimum Gasteiger partial charge on any atom is -0.454 e. The van der Waals surface area contributed by atoms with Crippen LogP contribution in [-0.2, 0) is 6.42 Å². The number of amides is 1. The second-order valence-electron chi connectivity index (χ2n) is 4.95. The quantitative estimate of drug-likeness (QED) is 0.834. The number of rotatable bonds is 3. The third-order valence-corrected chi connectivity index (χ3v) is 3.37. The highest BCUT2D eigenvalue weighted by Gasteiger charge is 2.19. The molecule has 3 N–H and O–H groups in total.